The van der Waals surface area contributed by atoms with Crippen molar-refractivity contribution in [1.29, 1.82) is 0 Å². The number of fused-ring (bicyclic) bond motifs is 1. The minimum atomic E-state index is -0.408. The lowest BCUT2D eigenvalue weighted by Gasteiger charge is -2.10. The molecular weight excluding hydrogens is 348 g/mol. The average molecular weight is 369 g/mol. The van der Waals surface area contributed by atoms with Gasteiger partial charge in [-0.05, 0) is 48.9 Å². The minimum Gasteiger partial charge on any atom is -0.461 e. The third-order valence-corrected chi connectivity index (χ3v) is 3.98. The fourth-order valence-electron chi connectivity index (χ4n) is 2.18. The lowest BCUT2D eigenvalue weighted by atomic mass is 10.1. The van der Waals surface area contributed by atoms with Crippen LogP contribution in [-0.4, -0.2) is 46.2 Å². The number of aromatic nitrogens is 3. The van der Waals surface area contributed by atoms with Crippen LogP contribution in [0.15, 0.2) is 10.5 Å². The van der Waals surface area contributed by atoms with Gasteiger partial charge >= 0.3 is 5.97 Å². The number of hydrogen-bond donors (Lipinski definition) is 0. The normalized spacial score (nSPS) is 11.6. The first kappa shape index (κ1) is 16.9. The van der Waals surface area contributed by atoms with Gasteiger partial charge in [-0.2, -0.15) is 5.10 Å². The molecule has 0 amide bonds. The number of ether oxygens (including phenoxy) is 1. The van der Waals surface area contributed by atoms with E-state index in [2.05, 4.69) is 39.9 Å². The zero-order chi connectivity index (χ0) is 16.4. The maximum atomic E-state index is 12.0. The van der Waals surface area contributed by atoms with Crippen molar-refractivity contribution < 1.29 is 9.53 Å². The molecule has 0 saturated carbocycles. The van der Waals surface area contributed by atoms with Crippen molar-refractivity contribution in [3.63, 3.8) is 0 Å². The fraction of sp³-hybridized carbons (Fsp3) is 0.533. The van der Waals surface area contributed by atoms with Crippen LogP contribution in [0.4, 0.5) is 0 Å². The summed E-state index contributed by atoms with van der Waals surface area (Å²) in [6, 6.07) is 1.76. The first-order valence-corrected chi connectivity index (χ1v) is 8.04. The number of nitrogens with zero attached hydrogens (tertiary/aromatic N) is 4. The van der Waals surface area contributed by atoms with Crippen molar-refractivity contribution in [2.75, 3.05) is 20.7 Å². The SMILES string of the molecule is CCOC(=O)c1cc(C(C)C)n2nc(CN(C)C)c(Br)c2n1. The molecule has 6 nitrogen and oxygen atoms in total. The highest BCUT2D eigenvalue weighted by molar-refractivity contribution is 9.10. The van der Waals surface area contributed by atoms with Gasteiger partial charge in [0, 0.05) is 12.2 Å². The highest BCUT2D eigenvalue weighted by atomic mass is 79.9. The van der Waals surface area contributed by atoms with E-state index in [1.165, 1.54) is 0 Å². The molecule has 22 heavy (non-hydrogen) atoms. The predicted molar refractivity (Wildman–Crippen MR) is 88.1 cm³/mol. The first-order chi connectivity index (χ1) is 10.3. The standard InChI is InChI=1S/C15H21BrN4O2/c1-6-22-15(21)10-7-12(9(2)3)20-14(17-10)13(16)11(18-20)8-19(4)5/h7,9H,6,8H2,1-5H3. The number of carbonyl (C=O) groups is 1. The molecule has 0 aliphatic carbocycles. The van der Waals surface area contributed by atoms with Gasteiger partial charge in [-0.15, -0.1) is 0 Å². The summed E-state index contributed by atoms with van der Waals surface area (Å²) in [6.07, 6.45) is 0. The van der Waals surface area contributed by atoms with Gasteiger partial charge < -0.3 is 9.64 Å². The van der Waals surface area contributed by atoms with Crippen LogP contribution in [0.25, 0.3) is 5.65 Å². The van der Waals surface area contributed by atoms with Crippen molar-refractivity contribution >= 4 is 27.5 Å². The summed E-state index contributed by atoms with van der Waals surface area (Å²) < 4.78 is 7.68. The minimum absolute atomic E-state index is 0.206. The highest BCUT2D eigenvalue weighted by Gasteiger charge is 2.20. The molecule has 0 saturated heterocycles. The molecule has 0 bridgehead atoms. The molecule has 0 spiro atoms. The lowest BCUT2D eigenvalue weighted by Crippen LogP contribution is -2.12. The molecular formula is C15H21BrN4O2. The molecule has 0 N–H and O–H groups in total. The summed E-state index contributed by atoms with van der Waals surface area (Å²) >= 11 is 3.56. The van der Waals surface area contributed by atoms with Crippen molar-refractivity contribution in [1.82, 2.24) is 19.5 Å². The van der Waals surface area contributed by atoms with Crippen LogP contribution in [-0.2, 0) is 11.3 Å². The molecule has 120 valence electrons. The van der Waals surface area contributed by atoms with E-state index in [1.807, 2.05) is 19.0 Å². The van der Waals surface area contributed by atoms with E-state index in [-0.39, 0.29) is 5.92 Å². The highest BCUT2D eigenvalue weighted by Crippen LogP contribution is 2.26. The molecule has 2 rings (SSSR count). The van der Waals surface area contributed by atoms with E-state index in [1.54, 1.807) is 17.5 Å². The Morgan fingerprint density at radius 2 is 2.14 bits per heavy atom. The Bertz CT molecular complexity index is 694. The van der Waals surface area contributed by atoms with Crippen LogP contribution in [0.1, 0.15) is 48.6 Å². The number of carbonyl (C=O) groups excluding carboxylic acids is 1. The number of halogens is 1. The van der Waals surface area contributed by atoms with E-state index in [0.29, 0.717) is 24.5 Å². The second-order valence-electron chi connectivity index (χ2n) is 5.68. The van der Waals surface area contributed by atoms with Gasteiger partial charge in [0.15, 0.2) is 11.3 Å². The topological polar surface area (TPSA) is 59.7 Å². The average Bonchev–Trinajstić information content (AvgIpc) is 2.74. The van der Waals surface area contributed by atoms with E-state index < -0.39 is 5.97 Å². The van der Waals surface area contributed by atoms with Crippen molar-refractivity contribution in [2.24, 2.45) is 0 Å². The monoisotopic (exact) mass is 368 g/mol. The van der Waals surface area contributed by atoms with Crippen LogP contribution in [0.2, 0.25) is 0 Å². The molecule has 0 unspecified atom stereocenters. The van der Waals surface area contributed by atoms with Crippen LogP contribution in [0.3, 0.4) is 0 Å². The van der Waals surface area contributed by atoms with Crippen molar-refractivity contribution in [3.05, 3.63) is 27.6 Å². The van der Waals surface area contributed by atoms with E-state index >= 15 is 0 Å². The number of rotatable bonds is 5. The van der Waals surface area contributed by atoms with E-state index in [9.17, 15) is 4.79 Å². The van der Waals surface area contributed by atoms with Crippen LogP contribution >= 0.6 is 15.9 Å². The maximum Gasteiger partial charge on any atom is 0.357 e. The molecule has 7 heteroatoms. The predicted octanol–water partition coefficient (Wildman–Crippen LogP) is 2.85. The van der Waals surface area contributed by atoms with Gasteiger partial charge in [-0.1, -0.05) is 13.8 Å². The summed E-state index contributed by atoms with van der Waals surface area (Å²) in [5.41, 5.74) is 2.78. The Balaban J connectivity index is 2.64. The molecule has 2 aromatic heterocycles. The summed E-state index contributed by atoms with van der Waals surface area (Å²) in [5.74, 6) is -0.202. The summed E-state index contributed by atoms with van der Waals surface area (Å²) in [4.78, 5) is 18.5. The molecule has 2 heterocycles. The van der Waals surface area contributed by atoms with Crippen molar-refractivity contribution in [2.45, 2.75) is 33.2 Å². The van der Waals surface area contributed by atoms with Gasteiger partial charge in [-0.25, -0.2) is 14.3 Å². The van der Waals surface area contributed by atoms with Gasteiger partial charge in [0.05, 0.1) is 16.8 Å². The third-order valence-electron chi connectivity index (χ3n) is 3.17. The Labute approximate surface area is 138 Å². The van der Waals surface area contributed by atoms with Gasteiger partial charge in [0.1, 0.15) is 0 Å². The third kappa shape index (κ3) is 3.30. The van der Waals surface area contributed by atoms with Gasteiger partial charge in [0.2, 0.25) is 0 Å². The molecule has 0 aliphatic rings. The molecule has 0 aromatic carbocycles. The molecule has 2 aromatic rings. The summed E-state index contributed by atoms with van der Waals surface area (Å²) in [6.45, 7) is 6.92. The van der Waals surface area contributed by atoms with Gasteiger partial charge in [0.25, 0.3) is 0 Å². The van der Waals surface area contributed by atoms with Crippen molar-refractivity contribution in [3.8, 4) is 0 Å². The Morgan fingerprint density at radius 1 is 1.45 bits per heavy atom. The summed E-state index contributed by atoms with van der Waals surface area (Å²) in [5, 5.41) is 4.63. The smallest absolute Gasteiger partial charge is 0.357 e. The molecule has 0 radical (unpaired) electrons. The number of hydrogen-bond acceptors (Lipinski definition) is 5. The van der Waals surface area contributed by atoms with Crippen LogP contribution in [0.5, 0.6) is 0 Å². The first-order valence-electron chi connectivity index (χ1n) is 7.25. The van der Waals surface area contributed by atoms with Crippen LogP contribution < -0.4 is 0 Å². The maximum absolute atomic E-state index is 12.0. The fourth-order valence-corrected chi connectivity index (χ4v) is 2.64. The second kappa shape index (κ2) is 6.75. The van der Waals surface area contributed by atoms with Gasteiger partial charge in [-0.3, -0.25) is 0 Å². The van der Waals surface area contributed by atoms with Crippen LogP contribution in [0, 0.1) is 0 Å². The molecule has 0 atom stereocenters. The molecule has 0 fully saturated rings. The Hall–Kier alpha value is -1.47. The quantitative estimate of drug-likeness (QED) is 0.759. The lowest BCUT2D eigenvalue weighted by molar-refractivity contribution is 0.0519. The summed E-state index contributed by atoms with van der Waals surface area (Å²) in [7, 11) is 3.97. The zero-order valence-electron chi connectivity index (χ0n) is 13.6. The molecule has 0 aliphatic heterocycles. The van der Waals surface area contributed by atoms with E-state index in [4.69, 9.17) is 4.74 Å². The second-order valence-corrected chi connectivity index (χ2v) is 6.47. The Kier molecular flexibility index (Phi) is 5.18. The Morgan fingerprint density at radius 3 is 2.68 bits per heavy atom. The largest absolute Gasteiger partial charge is 0.461 e. The number of esters is 1. The van der Waals surface area contributed by atoms with E-state index in [0.717, 1.165) is 15.9 Å². The zero-order valence-corrected chi connectivity index (χ0v) is 15.1.